The van der Waals surface area contributed by atoms with Crippen LogP contribution in [0.5, 0.6) is 0 Å². The van der Waals surface area contributed by atoms with E-state index < -0.39 is 0 Å². The van der Waals surface area contributed by atoms with Gasteiger partial charge in [-0.05, 0) is 31.2 Å². The molecule has 0 spiro atoms. The molecule has 7 heteroatoms. The summed E-state index contributed by atoms with van der Waals surface area (Å²) >= 11 is 1.49. The molecule has 1 aliphatic heterocycles. The number of hydrogen-bond acceptors (Lipinski definition) is 6. The Bertz CT molecular complexity index is 734. The van der Waals surface area contributed by atoms with E-state index >= 15 is 0 Å². The smallest absolute Gasteiger partial charge is 0.337 e. The second-order valence-corrected chi connectivity index (χ2v) is 6.63. The summed E-state index contributed by atoms with van der Waals surface area (Å²) in [6.45, 7) is 4.73. The van der Waals surface area contributed by atoms with Crippen molar-refractivity contribution in [1.82, 2.24) is 9.88 Å². The molecule has 0 saturated carbocycles. The molecular formula is C17H19N3O3S. The molecule has 1 aliphatic rings. The van der Waals surface area contributed by atoms with E-state index in [9.17, 15) is 9.59 Å². The molecule has 1 saturated heterocycles. The molecule has 0 atom stereocenters. The fourth-order valence-electron chi connectivity index (χ4n) is 2.72. The Morgan fingerprint density at radius 3 is 2.33 bits per heavy atom. The standard InChI is InChI=1S/C17H19N3O3S/c1-12-18-15(11-24-12)16(21)20-9-7-19(8-10-20)14-5-3-13(4-6-14)17(22)23-2/h3-6,11H,7-10H2,1-2H3. The number of carbonyl (C=O) groups excluding carboxylic acids is 2. The van der Waals surface area contributed by atoms with Gasteiger partial charge < -0.3 is 14.5 Å². The van der Waals surface area contributed by atoms with Crippen LogP contribution in [-0.4, -0.2) is 55.0 Å². The Hall–Kier alpha value is -2.41. The average Bonchev–Trinajstić information content (AvgIpc) is 3.07. The lowest BCUT2D eigenvalue weighted by molar-refractivity contribution is 0.0600. The maximum atomic E-state index is 12.4. The molecule has 1 aromatic carbocycles. The second kappa shape index (κ2) is 7.00. The number of rotatable bonds is 3. The first-order chi connectivity index (χ1) is 11.6. The molecule has 1 amide bonds. The summed E-state index contributed by atoms with van der Waals surface area (Å²) < 4.78 is 4.70. The monoisotopic (exact) mass is 345 g/mol. The average molecular weight is 345 g/mol. The maximum absolute atomic E-state index is 12.4. The molecule has 0 N–H and O–H groups in total. The van der Waals surface area contributed by atoms with E-state index in [0.717, 1.165) is 23.8 Å². The van der Waals surface area contributed by atoms with Crippen molar-refractivity contribution in [1.29, 1.82) is 0 Å². The Labute approximate surface area is 144 Å². The van der Waals surface area contributed by atoms with Gasteiger partial charge in [-0.15, -0.1) is 11.3 Å². The van der Waals surface area contributed by atoms with E-state index in [-0.39, 0.29) is 11.9 Å². The highest BCUT2D eigenvalue weighted by molar-refractivity contribution is 7.09. The van der Waals surface area contributed by atoms with Crippen molar-refractivity contribution in [2.24, 2.45) is 0 Å². The van der Waals surface area contributed by atoms with E-state index in [1.807, 2.05) is 29.3 Å². The van der Waals surface area contributed by atoms with Crippen LogP contribution in [0.15, 0.2) is 29.6 Å². The van der Waals surface area contributed by atoms with Crippen molar-refractivity contribution >= 4 is 28.9 Å². The quantitative estimate of drug-likeness (QED) is 0.798. The molecule has 0 bridgehead atoms. The van der Waals surface area contributed by atoms with Crippen molar-refractivity contribution in [3.8, 4) is 0 Å². The van der Waals surface area contributed by atoms with Crippen LogP contribution < -0.4 is 4.90 Å². The number of piperazine rings is 1. The molecule has 2 heterocycles. The number of esters is 1. The van der Waals surface area contributed by atoms with Gasteiger partial charge in [-0.2, -0.15) is 0 Å². The van der Waals surface area contributed by atoms with Crippen molar-refractivity contribution in [3.63, 3.8) is 0 Å². The summed E-state index contributed by atoms with van der Waals surface area (Å²) in [5.41, 5.74) is 2.11. The third-order valence-electron chi connectivity index (χ3n) is 4.06. The maximum Gasteiger partial charge on any atom is 0.337 e. The molecule has 126 valence electrons. The summed E-state index contributed by atoms with van der Waals surface area (Å²) in [4.78, 5) is 32.2. The summed E-state index contributed by atoms with van der Waals surface area (Å²) in [6.07, 6.45) is 0. The third-order valence-corrected chi connectivity index (χ3v) is 4.83. The van der Waals surface area contributed by atoms with Gasteiger partial charge in [0, 0.05) is 37.2 Å². The van der Waals surface area contributed by atoms with Gasteiger partial charge in [-0.1, -0.05) is 0 Å². The minimum atomic E-state index is -0.337. The normalized spacial score (nSPS) is 14.6. The van der Waals surface area contributed by atoms with Crippen molar-refractivity contribution in [2.45, 2.75) is 6.92 Å². The molecule has 3 rings (SSSR count). The van der Waals surface area contributed by atoms with Gasteiger partial charge in [0.1, 0.15) is 5.69 Å². The van der Waals surface area contributed by atoms with Gasteiger partial charge in [-0.25, -0.2) is 9.78 Å². The second-order valence-electron chi connectivity index (χ2n) is 5.57. The first-order valence-corrected chi connectivity index (χ1v) is 8.61. The summed E-state index contributed by atoms with van der Waals surface area (Å²) in [7, 11) is 1.37. The molecule has 0 unspecified atom stereocenters. The predicted octanol–water partition coefficient (Wildman–Crippen LogP) is 2.20. The van der Waals surface area contributed by atoms with Crippen molar-refractivity contribution in [2.75, 3.05) is 38.2 Å². The van der Waals surface area contributed by atoms with E-state index in [0.29, 0.717) is 24.3 Å². The van der Waals surface area contributed by atoms with Crippen LogP contribution in [0.25, 0.3) is 0 Å². The first kappa shape index (κ1) is 16.4. The zero-order valence-corrected chi connectivity index (χ0v) is 14.5. The highest BCUT2D eigenvalue weighted by Crippen LogP contribution is 2.19. The molecular weight excluding hydrogens is 326 g/mol. The molecule has 24 heavy (non-hydrogen) atoms. The zero-order valence-electron chi connectivity index (χ0n) is 13.7. The van der Waals surface area contributed by atoms with E-state index in [2.05, 4.69) is 9.88 Å². The zero-order chi connectivity index (χ0) is 17.1. The lowest BCUT2D eigenvalue weighted by Gasteiger charge is -2.35. The Morgan fingerprint density at radius 1 is 1.12 bits per heavy atom. The fraction of sp³-hybridized carbons (Fsp3) is 0.353. The number of anilines is 1. The molecule has 0 radical (unpaired) electrons. The van der Waals surface area contributed by atoms with E-state index in [1.54, 1.807) is 12.1 Å². The number of amides is 1. The fourth-order valence-corrected chi connectivity index (χ4v) is 3.30. The van der Waals surface area contributed by atoms with Crippen LogP contribution >= 0.6 is 11.3 Å². The number of thiazole rings is 1. The molecule has 2 aromatic rings. The number of ether oxygens (including phenoxy) is 1. The van der Waals surface area contributed by atoms with Crippen LogP contribution in [0.1, 0.15) is 25.9 Å². The Kier molecular flexibility index (Phi) is 4.80. The van der Waals surface area contributed by atoms with Gasteiger partial charge in [0.25, 0.3) is 5.91 Å². The molecule has 0 aliphatic carbocycles. The number of aryl methyl sites for hydroxylation is 1. The summed E-state index contributed by atoms with van der Waals surface area (Å²) in [5.74, 6) is -0.337. The van der Waals surface area contributed by atoms with Crippen LogP contribution in [0.4, 0.5) is 5.69 Å². The largest absolute Gasteiger partial charge is 0.465 e. The lowest BCUT2D eigenvalue weighted by Crippen LogP contribution is -2.48. The summed E-state index contributed by atoms with van der Waals surface area (Å²) in [5, 5.41) is 2.72. The van der Waals surface area contributed by atoms with E-state index in [4.69, 9.17) is 4.74 Å². The minimum absolute atomic E-state index is 0.0000363. The van der Waals surface area contributed by atoms with Crippen LogP contribution in [0.2, 0.25) is 0 Å². The van der Waals surface area contributed by atoms with E-state index in [1.165, 1.54) is 18.4 Å². The minimum Gasteiger partial charge on any atom is -0.465 e. The molecule has 6 nitrogen and oxygen atoms in total. The number of benzene rings is 1. The van der Waals surface area contributed by atoms with Crippen LogP contribution in [-0.2, 0) is 4.74 Å². The van der Waals surface area contributed by atoms with Gasteiger partial charge in [0.15, 0.2) is 0 Å². The number of aromatic nitrogens is 1. The van der Waals surface area contributed by atoms with Gasteiger partial charge in [-0.3, -0.25) is 4.79 Å². The van der Waals surface area contributed by atoms with Crippen molar-refractivity contribution < 1.29 is 14.3 Å². The molecule has 1 fully saturated rings. The van der Waals surface area contributed by atoms with Crippen LogP contribution in [0.3, 0.4) is 0 Å². The first-order valence-electron chi connectivity index (χ1n) is 7.73. The number of methoxy groups -OCH3 is 1. The van der Waals surface area contributed by atoms with Crippen LogP contribution in [0, 0.1) is 6.92 Å². The SMILES string of the molecule is COC(=O)c1ccc(N2CCN(C(=O)c3csc(C)n3)CC2)cc1. The number of hydrogen-bond donors (Lipinski definition) is 0. The van der Waals surface area contributed by atoms with Gasteiger partial charge in [0.2, 0.25) is 0 Å². The summed E-state index contributed by atoms with van der Waals surface area (Å²) in [6, 6.07) is 7.34. The Morgan fingerprint density at radius 2 is 1.79 bits per heavy atom. The lowest BCUT2D eigenvalue weighted by atomic mass is 10.2. The molecule has 1 aromatic heterocycles. The highest BCUT2D eigenvalue weighted by atomic mass is 32.1. The predicted molar refractivity (Wildman–Crippen MR) is 92.7 cm³/mol. The number of nitrogens with zero attached hydrogens (tertiary/aromatic N) is 3. The van der Waals surface area contributed by atoms with Crippen molar-refractivity contribution in [3.05, 3.63) is 45.9 Å². The topological polar surface area (TPSA) is 62.7 Å². The highest BCUT2D eigenvalue weighted by Gasteiger charge is 2.23. The van der Waals surface area contributed by atoms with Gasteiger partial charge in [0.05, 0.1) is 17.7 Å². The van der Waals surface area contributed by atoms with Gasteiger partial charge >= 0.3 is 5.97 Å². The number of carbonyl (C=O) groups is 2. The Balaban J connectivity index is 1.60. The third kappa shape index (κ3) is 3.41.